The maximum Gasteiger partial charge on any atom is 0.123 e. The van der Waals surface area contributed by atoms with Gasteiger partial charge in [0.2, 0.25) is 0 Å². The number of hydrogen-bond donors (Lipinski definition) is 2. The van der Waals surface area contributed by atoms with E-state index in [-0.39, 0.29) is 0 Å². The molecule has 0 spiro atoms. The molecule has 2 unspecified atom stereocenters. The van der Waals surface area contributed by atoms with E-state index < -0.39 is 11.7 Å². The van der Waals surface area contributed by atoms with Gasteiger partial charge in [-0.25, -0.2) is 0 Å². The van der Waals surface area contributed by atoms with Gasteiger partial charge in [-0.1, -0.05) is 0 Å². The molecule has 0 aliphatic carbocycles. The van der Waals surface area contributed by atoms with Crippen LogP contribution < -0.4 is 0 Å². The lowest BCUT2D eigenvalue weighted by Crippen LogP contribution is -2.32. The molecule has 90 valence electrons. The first-order valence-corrected chi connectivity index (χ1v) is 5.93. The second-order valence-corrected chi connectivity index (χ2v) is 5.08. The van der Waals surface area contributed by atoms with Crippen LogP contribution in [0.2, 0.25) is 0 Å². The summed E-state index contributed by atoms with van der Waals surface area (Å²) in [6, 6.07) is 0. The zero-order valence-corrected chi connectivity index (χ0v) is 10.6. The van der Waals surface area contributed by atoms with Crippen molar-refractivity contribution in [3.8, 4) is 0 Å². The van der Waals surface area contributed by atoms with Crippen LogP contribution in [0.4, 0.5) is 0 Å². The normalized spacial score (nSPS) is 27.3. The Hall–Kier alpha value is -0.800. The van der Waals surface area contributed by atoms with Crippen LogP contribution in [0.25, 0.3) is 0 Å². The summed E-state index contributed by atoms with van der Waals surface area (Å²) in [7, 11) is 0. The SMILES string of the molecule is Cc1[nH]c(C(O)C2(C)CCCO2)c(C)c1C. The zero-order chi connectivity index (χ0) is 11.9. The van der Waals surface area contributed by atoms with E-state index in [1.165, 1.54) is 5.56 Å². The Morgan fingerprint density at radius 1 is 1.31 bits per heavy atom. The predicted molar refractivity (Wildman–Crippen MR) is 63.6 cm³/mol. The average Bonchev–Trinajstić information content (AvgIpc) is 2.79. The highest BCUT2D eigenvalue weighted by Gasteiger charge is 2.39. The third-order valence-corrected chi connectivity index (χ3v) is 3.95. The van der Waals surface area contributed by atoms with Crippen molar-refractivity contribution in [1.82, 2.24) is 4.98 Å². The van der Waals surface area contributed by atoms with Gasteiger partial charge in [0.25, 0.3) is 0 Å². The fraction of sp³-hybridized carbons (Fsp3) is 0.692. The third-order valence-electron chi connectivity index (χ3n) is 3.95. The lowest BCUT2D eigenvalue weighted by atomic mass is 9.91. The summed E-state index contributed by atoms with van der Waals surface area (Å²) in [6.45, 7) is 8.92. The minimum Gasteiger partial charge on any atom is -0.384 e. The van der Waals surface area contributed by atoms with E-state index in [1.807, 2.05) is 13.8 Å². The molecule has 1 aromatic heterocycles. The van der Waals surface area contributed by atoms with Crippen molar-refractivity contribution < 1.29 is 9.84 Å². The molecule has 2 heterocycles. The van der Waals surface area contributed by atoms with Gasteiger partial charge in [-0.2, -0.15) is 0 Å². The van der Waals surface area contributed by atoms with E-state index in [2.05, 4.69) is 18.8 Å². The van der Waals surface area contributed by atoms with Crippen molar-refractivity contribution in [2.24, 2.45) is 0 Å². The van der Waals surface area contributed by atoms with Gasteiger partial charge in [-0.05, 0) is 51.7 Å². The van der Waals surface area contributed by atoms with E-state index in [0.29, 0.717) is 0 Å². The lowest BCUT2D eigenvalue weighted by molar-refractivity contribution is -0.0813. The van der Waals surface area contributed by atoms with Crippen LogP contribution in [-0.2, 0) is 4.74 Å². The summed E-state index contributed by atoms with van der Waals surface area (Å²) in [5.41, 5.74) is 4.01. The summed E-state index contributed by atoms with van der Waals surface area (Å²) < 4.78 is 5.69. The van der Waals surface area contributed by atoms with Gasteiger partial charge in [0, 0.05) is 12.3 Å². The Labute approximate surface area is 96.8 Å². The van der Waals surface area contributed by atoms with Crippen molar-refractivity contribution in [1.29, 1.82) is 0 Å². The fourth-order valence-electron chi connectivity index (χ4n) is 2.47. The molecule has 0 aromatic carbocycles. The maximum absolute atomic E-state index is 10.4. The molecule has 1 aliphatic heterocycles. The molecular formula is C13H21NO2. The Balaban J connectivity index is 2.33. The van der Waals surface area contributed by atoms with Gasteiger partial charge >= 0.3 is 0 Å². The molecule has 0 radical (unpaired) electrons. The van der Waals surface area contributed by atoms with Crippen molar-refractivity contribution in [2.45, 2.75) is 52.2 Å². The number of rotatable bonds is 2. The molecule has 3 nitrogen and oxygen atoms in total. The summed E-state index contributed by atoms with van der Waals surface area (Å²) in [6.07, 6.45) is 1.40. The number of aromatic nitrogens is 1. The second kappa shape index (κ2) is 3.90. The van der Waals surface area contributed by atoms with Gasteiger partial charge in [-0.15, -0.1) is 0 Å². The molecule has 1 aliphatic rings. The van der Waals surface area contributed by atoms with Crippen LogP contribution in [0.15, 0.2) is 0 Å². The molecule has 0 amide bonds. The number of H-pyrrole nitrogens is 1. The summed E-state index contributed by atoms with van der Waals surface area (Å²) in [5.74, 6) is 0. The molecule has 2 rings (SSSR count). The van der Waals surface area contributed by atoms with Crippen LogP contribution >= 0.6 is 0 Å². The zero-order valence-electron chi connectivity index (χ0n) is 10.6. The fourth-order valence-corrected chi connectivity index (χ4v) is 2.47. The number of aliphatic hydroxyl groups excluding tert-OH is 1. The van der Waals surface area contributed by atoms with E-state index in [4.69, 9.17) is 4.74 Å². The summed E-state index contributed by atoms with van der Waals surface area (Å²) >= 11 is 0. The molecule has 0 bridgehead atoms. The van der Waals surface area contributed by atoms with Gasteiger partial charge in [-0.3, -0.25) is 0 Å². The third kappa shape index (κ3) is 1.68. The predicted octanol–water partition coefficient (Wildman–Crippen LogP) is 2.54. The van der Waals surface area contributed by atoms with Gasteiger partial charge < -0.3 is 14.8 Å². The van der Waals surface area contributed by atoms with Gasteiger partial charge in [0.05, 0.1) is 11.3 Å². The van der Waals surface area contributed by atoms with E-state index >= 15 is 0 Å². The number of aliphatic hydroxyl groups is 1. The molecule has 1 aromatic rings. The Kier molecular flexibility index (Phi) is 2.84. The van der Waals surface area contributed by atoms with Crippen LogP contribution in [0.3, 0.4) is 0 Å². The lowest BCUT2D eigenvalue weighted by Gasteiger charge is -2.29. The van der Waals surface area contributed by atoms with Crippen LogP contribution in [0.5, 0.6) is 0 Å². The highest BCUT2D eigenvalue weighted by atomic mass is 16.5. The molecule has 3 heteroatoms. The number of aromatic amines is 1. The molecule has 1 saturated heterocycles. The van der Waals surface area contributed by atoms with Crippen LogP contribution in [-0.4, -0.2) is 22.3 Å². The Morgan fingerprint density at radius 2 is 2.00 bits per heavy atom. The summed E-state index contributed by atoms with van der Waals surface area (Å²) in [4.78, 5) is 3.28. The van der Waals surface area contributed by atoms with E-state index in [9.17, 15) is 5.11 Å². The largest absolute Gasteiger partial charge is 0.384 e. The first kappa shape index (κ1) is 11.7. The van der Waals surface area contributed by atoms with Gasteiger partial charge in [0.1, 0.15) is 6.10 Å². The number of hydrogen-bond acceptors (Lipinski definition) is 2. The van der Waals surface area contributed by atoms with Crippen molar-refractivity contribution in [3.05, 3.63) is 22.5 Å². The monoisotopic (exact) mass is 223 g/mol. The molecular weight excluding hydrogens is 202 g/mol. The molecule has 16 heavy (non-hydrogen) atoms. The van der Waals surface area contributed by atoms with Gasteiger partial charge in [0.15, 0.2) is 0 Å². The average molecular weight is 223 g/mol. The highest BCUT2D eigenvalue weighted by Crippen LogP contribution is 2.38. The minimum absolute atomic E-state index is 0.422. The number of aryl methyl sites for hydroxylation is 1. The molecule has 1 fully saturated rings. The van der Waals surface area contributed by atoms with Crippen LogP contribution in [0.1, 0.15) is 48.4 Å². The molecule has 2 N–H and O–H groups in total. The highest BCUT2D eigenvalue weighted by molar-refractivity contribution is 5.36. The molecule has 0 saturated carbocycles. The van der Waals surface area contributed by atoms with E-state index in [0.717, 1.165) is 36.4 Å². The number of ether oxygens (including phenoxy) is 1. The summed E-state index contributed by atoms with van der Waals surface area (Å²) in [5, 5.41) is 10.4. The number of nitrogens with one attached hydrogen (secondary N) is 1. The molecule has 2 atom stereocenters. The van der Waals surface area contributed by atoms with Crippen LogP contribution in [0, 0.1) is 20.8 Å². The Morgan fingerprint density at radius 3 is 2.44 bits per heavy atom. The quantitative estimate of drug-likeness (QED) is 0.809. The topological polar surface area (TPSA) is 45.2 Å². The smallest absolute Gasteiger partial charge is 0.123 e. The second-order valence-electron chi connectivity index (χ2n) is 5.08. The van der Waals surface area contributed by atoms with Crippen molar-refractivity contribution in [3.63, 3.8) is 0 Å². The standard InChI is InChI=1S/C13H21NO2/c1-8-9(2)11(14-10(8)3)12(15)13(4)6-5-7-16-13/h12,14-15H,5-7H2,1-4H3. The van der Waals surface area contributed by atoms with E-state index in [1.54, 1.807) is 0 Å². The first-order chi connectivity index (χ1) is 7.46. The van der Waals surface area contributed by atoms with Crippen molar-refractivity contribution in [2.75, 3.05) is 6.61 Å². The van der Waals surface area contributed by atoms with Crippen molar-refractivity contribution >= 4 is 0 Å². The minimum atomic E-state index is -0.553. The first-order valence-electron chi connectivity index (χ1n) is 5.93. The Bertz CT molecular complexity index is 389. The maximum atomic E-state index is 10.4.